The van der Waals surface area contributed by atoms with Crippen molar-refractivity contribution in [1.29, 1.82) is 0 Å². The van der Waals surface area contributed by atoms with Crippen LogP contribution in [0.4, 0.5) is 0 Å². The Kier molecular flexibility index (Phi) is 3.42. The van der Waals surface area contributed by atoms with Crippen LogP contribution >= 0.6 is 0 Å². The lowest BCUT2D eigenvalue weighted by molar-refractivity contribution is -0.121. The number of aliphatic hydroxyl groups excluding tert-OH is 1. The summed E-state index contributed by atoms with van der Waals surface area (Å²) in [7, 11) is 0. The number of rotatable bonds is 2. The second-order valence-electron chi connectivity index (χ2n) is 5.12. The zero-order valence-corrected chi connectivity index (χ0v) is 10.9. The summed E-state index contributed by atoms with van der Waals surface area (Å²) < 4.78 is 5.34. The smallest absolute Gasteiger partial charge is 0.257 e. The number of aliphatic hydroxyl groups is 1. The van der Waals surface area contributed by atoms with E-state index in [9.17, 15) is 14.7 Å². The first-order valence-corrected chi connectivity index (χ1v) is 6.67. The maximum atomic E-state index is 12.0. The highest BCUT2D eigenvalue weighted by molar-refractivity contribution is 6.06. The fraction of sp³-hybridized carbons (Fsp3) is 0.429. The van der Waals surface area contributed by atoms with Gasteiger partial charge in [0.15, 0.2) is 0 Å². The van der Waals surface area contributed by atoms with Gasteiger partial charge in [-0.15, -0.1) is 0 Å². The third-order valence-electron chi connectivity index (χ3n) is 3.41. The molecule has 3 rings (SSSR count). The number of β-amino-alcohol motifs (C(OH)–C–C–N with tert-alkyl or cyclic N) is 1. The molecular weight excluding hydrogens is 260 g/mol. The Hall–Kier alpha value is -1.92. The van der Waals surface area contributed by atoms with Gasteiger partial charge in [0.25, 0.3) is 5.91 Å². The number of carbonyl (C=O) groups is 2. The average molecular weight is 276 g/mol. The van der Waals surface area contributed by atoms with Crippen molar-refractivity contribution in [2.24, 2.45) is 5.92 Å². The van der Waals surface area contributed by atoms with Crippen molar-refractivity contribution in [1.82, 2.24) is 10.6 Å². The zero-order valence-electron chi connectivity index (χ0n) is 10.9. The van der Waals surface area contributed by atoms with Crippen LogP contribution in [0.2, 0.25) is 0 Å². The van der Waals surface area contributed by atoms with Crippen molar-refractivity contribution in [3.05, 3.63) is 29.3 Å². The van der Waals surface area contributed by atoms with Crippen molar-refractivity contribution < 1.29 is 19.4 Å². The van der Waals surface area contributed by atoms with Gasteiger partial charge in [-0.2, -0.15) is 0 Å². The van der Waals surface area contributed by atoms with Gasteiger partial charge in [-0.25, -0.2) is 0 Å². The molecule has 2 amide bonds. The third kappa shape index (κ3) is 2.81. The van der Waals surface area contributed by atoms with Crippen LogP contribution in [0.3, 0.4) is 0 Å². The van der Waals surface area contributed by atoms with Gasteiger partial charge in [-0.3, -0.25) is 14.9 Å². The molecular formula is C14H16N2O4. The van der Waals surface area contributed by atoms with E-state index in [0.717, 1.165) is 18.4 Å². The van der Waals surface area contributed by atoms with Gasteiger partial charge in [0, 0.05) is 23.6 Å². The number of carbonyl (C=O) groups excluding carboxylic acids is 2. The summed E-state index contributed by atoms with van der Waals surface area (Å²) in [4.78, 5) is 23.5. The van der Waals surface area contributed by atoms with E-state index in [4.69, 9.17) is 4.74 Å². The van der Waals surface area contributed by atoms with Gasteiger partial charge in [0.05, 0.1) is 6.54 Å². The van der Waals surface area contributed by atoms with Crippen molar-refractivity contribution >= 4 is 11.8 Å². The number of hydrogen-bond donors (Lipinski definition) is 3. The van der Waals surface area contributed by atoms with E-state index < -0.39 is 12.2 Å². The van der Waals surface area contributed by atoms with Crippen molar-refractivity contribution in [3.8, 4) is 5.75 Å². The zero-order chi connectivity index (χ0) is 14.1. The van der Waals surface area contributed by atoms with Crippen LogP contribution in [0.1, 0.15) is 28.8 Å². The van der Waals surface area contributed by atoms with Crippen LogP contribution in [0, 0.1) is 5.92 Å². The summed E-state index contributed by atoms with van der Waals surface area (Å²) in [5.74, 6) is -0.191. The summed E-state index contributed by atoms with van der Waals surface area (Å²) in [5.41, 5.74) is 1.22. The summed E-state index contributed by atoms with van der Waals surface area (Å²) in [6.45, 7) is 0.895. The molecule has 6 heteroatoms. The quantitative estimate of drug-likeness (QED) is 0.669. The molecule has 1 aromatic rings. The molecule has 1 saturated carbocycles. The Bertz CT molecular complexity index is 554. The molecule has 1 aromatic carbocycles. The van der Waals surface area contributed by atoms with Crippen LogP contribution in [-0.4, -0.2) is 29.8 Å². The van der Waals surface area contributed by atoms with Crippen molar-refractivity contribution in [3.63, 3.8) is 0 Å². The highest BCUT2D eigenvalue weighted by atomic mass is 16.6. The first kappa shape index (κ1) is 13.1. The number of amides is 2. The first-order valence-electron chi connectivity index (χ1n) is 6.67. The lowest BCUT2D eigenvalue weighted by Crippen LogP contribution is -2.31. The first-order chi connectivity index (χ1) is 9.63. The van der Waals surface area contributed by atoms with E-state index >= 15 is 0 Å². The van der Waals surface area contributed by atoms with Crippen molar-refractivity contribution in [2.75, 3.05) is 6.54 Å². The van der Waals surface area contributed by atoms with E-state index in [2.05, 4.69) is 10.6 Å². The number of hydrogen-bond acceptors (Lipinski definition) is 5. The fourth-order valence-electron chi connectivity index (χ4n) is 2.10. The van der Waals surface area contributed by atoms with Gasteiger partial charge in [0.1, 0.15) is 5.75 Å². The molecule has 1 aliphatic carbocycles. The molecule has 0 aromatic heterocycles. The van der Waals surface area contributed by atoms with E-state index in [-0.39, 0.29) is 11.8 Å². The minimum absolute atomic E-state index is 0.0120. The minimum Gasteiger partial charge on any atom is -0.463 e. The fourth-order valence-corrected chi connectivity index (χ4v) is 2.10. The maximum Gasteiger partial charge on any atom is 0.257 e. The van der Waals surface area contributed by atoms with Gasteiger partial charge >= 0.3 is 0 Å². The summed E-state index contributed by atoms with van der Waals surface area (Å²) in [5, 5.41) is 15.0. The number of ether oxygens (including phenoxy) is 1. The molecule has 2 aliphatic rings. The molecule has 1 aliphatic heterocycles. The molecule has 6 nitrogen and oxygen atoms in total. The van der Waals surface area contributed by atoms with Crippen LogP contribution in [0.5, 0.6) is 5.75 Å². The van der Waals surface area contributed by atoms with E-state index in [1.807, 2.05) is 0 Å². The molecule has 1 unspecified atom stereocenters. The molecule has 1 heterocycles. The SMILES string of the molecule is O=C(NC(=O)C1CC1)c1ccc2c(c1)OC(O)CNC2. The van der Waals surface area contributed by atoms with Crippen LogP contribution in [-0.2, 0) is 11.3 Å². The standard InChI is InChI=1S/C14H16N2O4/c17-12-7-15-6-10-4-3-9(5-11(10)20-12)14(19)16-13(18)8-1-2-8/h3-5,8,12,15,17H,1-2,6-7H2,(H,16,18,19). The summed E-state index contributed by atoms with van der Waals surface area (Å²) in [6, 6.07) is 4.97. The Morgan fingerprint density at radius 1 is 1.35 bits per heavy atom. The van der Waals surface area contributed by atoms with E-state index in [1.54, 1.807) is 18.2 Å². The molecule has 0 saturated heterocycles. The number of benzene rings is 1. The Morgan fingerprint density at radius 2 is 2.15 bits per heavy atom. The third-order valence-corrected chi connectivity index (χ3v) is 3.41. The van der Waals surface area contributed by atoms with Gasteiger partial charge in [0.2, 0.25) is 12.2 Å². The molecule has 0 bridgehead atoms. The summed E-state index contributed by atoms with van der Waals surface area (Å²) in [6.07, 6.45) is 0.761. The van der Waals surface area contributed by atoms with Crippen molar-refractivity contribution in [2.45, 2.75) is 25.7 Å². The average Bonchev–Trinajstić information content (AvgIpc) is 3.24. The Morgan fingerprint density at radius 3 is 2.90 bits per heavy atom. The van der Waals surface area contributed by atoms with Crippen LogP contribution < -0.4 is 15.4 Å². The molecule has 1 atom stereocenters. The molecule has 0 radical (unpaired) electrons. The molecule has 3 N–H and O–H groups in total. The van der Waals surface area contributed by atoms with Crippen LogP contribution in [0.15, 0.2) is 18.2 Å². The van der Waals surface area contributed by atoms with Gasteiger partial charge in [-0.1, -0.05) is 6.07 Å². The number of imide groups is 1. The largest absolute Gasteiger partial charge is 0.463 e. The Labute approximate surface area is 116 Å². The minimum atomic E-state index is -0.942. The number of fused-ring (bicyclic) bond motifs is 1. The lowest BCUT2D eigenvalue weighted by atomic mass is 10.1. The molecule has 0 spiro atoms. The second kappa shape index (κ2) is 5.22. The lowest BCUT2D eigenvalue weighted by Gasteiger charge is -2.12. The van der Waals surface area contributed by atoms with Gasteiger partial charge in [-0.05, 0) is 25.0 Å². The second-order valence-corrected chi connectivity index (χ2v) is 5.12. The Balaban J connectivity index is 1.76. The number of nitrogens with one attached hydrogen (secondary N) is 2. The normalized spacial score (nSPS) is 21.4. The van der Waals surface area contributed by atoms with E-state index in [1.165, 1.54) is 0 Å². The predicted octanol–water partition coefficient (Wildman–Crippen LogP) is 0.153. The topological polar surface area (TPSA) is 87.7 Å². The van der Waals surface area contributed by atoms with Gasteiger partial charge < -0.3 is 15.2 Å². The molecule has 106 valence electrons. The summed E-state index contributed by atoms with van der Waals surface area (Å²) >= 11 is 0. The van der Waals surface area contributed by atoms with Crippen LogP contribution in [0.25, 0.3) is 0 Å². The highest BCUT2D eigenvalue weighted by Crippen LogP contribution is 2.29. The van der Waals surface area contributed by atoms with E-state index in [0.29, 0.717) is 24.4 Å². The molecule has 1 fully saturated rings. The molecule has 20 heavy (non-hydrogen) atoms. The monoisotopic (exact) mass is 276 g/mol. The highest BCUT2D eigenvalue weighted by Gasteiger charge is 2.31. The maximum absolute atomic E-state index is 12.0. The predicted molar refractivity (Wildman–Crippen MR) is 70.0 cm³/mol.